The van der Waals surface area contributed by atoms with Gasteiger partial charge in [-0.05, 0) is 117 Å². The Morgan fingerprint density at radius 2 is 1.22 bits per heavy atom. The molecule has 24 atom stereocenters. The lowest BCUT2D eigenvalue weighted by Crippen LogP contribution is -2.65. The third kappa shape index (κ3) is 7.67. The van der Waals surface area contributed by atoms with Crippen molar-refractivity contribution < 1.29 is 84.3 Å². The Morgan fingerprint density at radius 3 is 1.86 bits per heavy atom. The smallest absolute Gasteiger partial charge is 0.315 e. The highest BCUT2D eigenvalue weighted by Crippen LogP contribution is 2.72. The average molecular weight is 913 g/mol. The fourth-order valence-corrected chi connectivity index (χ4v) is 14.9. The van der Waals surface area contributed by atoms with Crippen molar-refractivity contribution in [2.45, 2.75) is 211 Å². The third-order valence-corrected chi connectivity index (χ3v) is 18.7. The molecule has 0 aromatic heterocycles. The first-order valence-corrected chi connectivity index (χ1v) is 23.9. The summed E-state index contributed by atoms with van der Waals surface area (Å²) in [6, 6.07) is 0. The molecule has 3 heterocycles. The summed E-state index contributed by atoms with van der Waals surface area (Å²) < 4.78 is 35.8. The Kier molecular flexibility index (Phi) is 13.7. The van der Waals surface area contributed by atoms with Crippen molar-refractivity contribution in [2.24, 2.45) is 51.2 Å². The fraction of sp³-hybridized carbons (Fsp3) is 0.936. The van der Waals surface area contributed by atoms with Gasteiger partial charge >= 0.3 is 5.97 Å². The van der Waals surface area contributed by atoms with Crippen molar-refractivity contribution >= 4 is 5.97 Å². The van der Waals surface area contributed by atoms with E-state index < -0.39 is 117 Å². The molecule has 3 aliphatic heterocycles. The van der Waals surface area contributed by atoms with Gasteiger partial charge in [0.15, 0.2) is 12.6 Å². The molecule has 5 aliphatic carbocycles. The zero-order valence-corrected chi connectivity index (χ0v) is 38.4. The van der Waals surface area contributed by atoms with Crippen molar-refractivity contribution in [3.63, 3.8) is 0 Å². The van der Waals surface area contributed by atoms with Crippen LogP contribution >= 0.6 is 0 Å². The largest absolute Gasteiger partial charge is 0.432 e. The predicted molar refractivity (Wildman–Crippen MR) is 224 cm³/mol. The van der Waals surface area contributed by atoms with E-state index in [-0.39, 0.29) is 40.1 Å². The van der Waals surface area contributed by atoms with E-state index in [1.807, 2.05) is 0 Å². The summed E-state index contributed by atoms with van der Waals surface area (Å²) in [6.45, 7) is 14.2. The topological polar surface area (TPSA) is 275 Å². The number of esters is 1. The summed E-state index contributed by atoms with van der Waals surface area (Å²) in [7, 11) is 0. The van der Waals surface area contributed by atoms with Crippen molar-refractivity contribution in [2.75, 3.05) is 13.2 Å². The number of carbonyl (C=O) groups excluding carboxylic acids is 1. The van der Waals surface area contributed by atoms with Crippen molar-refractivity contribution in [3.8, 4) is 0 Å². The fourth-order valence-electron chi connectivity index (χ4n) is 14.9. The Balaban J connectivity index is 0.978. The second kappa shape index (κ2) is 17.8. The molecule has 17 nitrogen and oxygen atoms in total. The van der Waals surface area contributed by atoms with Gasteiger partial charge in [-0.25, -0.2) is 0 Å². The van der Waals surface area contributed by atoms with Gasteiger partial charge in [0.25, 0.3) is 0 Å². The average Bonchev–Trinajstić information content (AvgIpc) is 3.25. The Bertz CT molecular complexity index is 1720. The first kappa shape index (κ1) is 49.0. The number of allylic oxidation sites excluding steroid dienone is 2. The van der Waals surface area contributed by atoms with Gasteiger partial charge in [0.1, 0.15) is 67.1 Å². The second-order valence-corrected chi connectivity index (χ2v) is 22.2. The van der Waals surface area contributed by atoms with Gasteiger partial charge in [0, 0.05) is 0 Å². The van der Waals surface area contributed by atoms with E-state index in [0.29, 0.717) is 31.1 Å². The molecule has 3 saturated carbocycles. The van der Waals surface area contributed by atoms with E-state index in [1.54, 1.807) is 6.92 Å². The molecule has 366 valence electrons. The van der Waals surface area contributed by atoms with Crippen molar-refractivity contribution in [1.29, 1.82) is 0 Å². The highest BCUT2D eigenvalue weighted by atomic mass is 16.7. The minimum Gasteiger partial charge on any atom is -0.432 e. The molecule has 0 aromatic rings. The maximum atomic E-state index is 14.6. The quantitative estimate of drug-likeness (QED) is 0.0916. The van der Waals surface area contributed by atoms with Crippen LogP contribution in [0.4, 0.5) is 0 Å². The number of rotatable bonds is 8. The van der Waals surface area contributed by atoms with Crippen LogP contribution in [0.15, 0.2) is 11.1 Å². The summed E-state index contributed by atoms with van der Waals surface area (Å²) in [4.78, 5) is 14.6. The van der Waals surface area contributed by atoms with Gasteiger partial charge in [-0.1, -0.05) is 52.7 Å². The number of carbonyl (C=O) groups is 1. The molecule has 0 radical (unpaired) electrons. The highest BCUT2D eigenvalue weighted by Gasteiger charge is 2.66. The third-order valence-electron chi connectivity index (χ3n) is 18.7. The van der Waals surface area contributed by atoms with Crippen LogP contribution in [0, 0.1) is 51.2 Å². The van der Waals surface area contributed by atoms with E-state index in [0.717, 1.165) is 44.9 Å². The lowest BCUT2D eigenvalue weighted by Gasteiger charge is -2.67. The number of aliphatic hydroxyl groups excluding tert-OH is 10. The van der Waals surface area contributed by atoms with E-state index in [2.05, 4.69) is 41.5 Å². The van der Waals surface area contributed by atoms with E-state index in [4.69, 9.17) is 28.4 Å². The SMILES string of the molecule is C[C@H]1[C@H]2C3=C(CC[C@]2(C(=O)O[C@H]2O[C@@H](CO)[C@H](O)[C@@H](O)[C@@H]2O)CC[C@@H]1C)[C@@]1(C)CC[C@@H]2C(C)(C)[C@H](O[C@H]4O[C@@H](C)[C@H](O[C@H]5O[C@@H](CO)[C@H](O)[C@@H](O)[C@@H]5O)[C@@H](O)[C@@H]4O)CC[C@]2(C)[C@@H]1CC3. The summed E-state index contributed by atoms with van der Waals surface area (Å²) in [5, 5.41) is 105. The standard InChI is InChI=1S/C47H76O17/c1-20-10-16-47(43(58)64-42-37(56)34(53)32(51)26(19-49)61-42)17-11-24-23(30(47)21(20)2)8-9-28-45(24,6)14-12-27-44(4,5)29(13-15-46(27,28)7)62-40-38(57)35(54)39(22(3)59-40)63-41-36(55)33(52)31(50)25(18-48)60-41/h20-22,25-42,48-57H,8-19H2,1-7H3/t20-,21+,22-,25-,26-,27+,28+,29+,30-,31-,32-,33+,34+,35-,36-,37-,38-,39-,40+,41+,42+,45+,46-,47+/m0/s1. The molecular formula is C47H76O17. The predicted octanol–water partition coefficient (Wildman–Crippen LogP) is 0.778. The van der Waals surface area contributed by atoms with Crippen LogP contribution in [-0.4, -0.2) is 168 Å². The molecule has 6 fully saturated rings. The van der Waals surface area contributed by atoms with Crippen LogP contribution in [0.5, 0.6) is 0 Å². The minimum absolute atomic E-state index is 0.0554. The summed E-state index contributed by atoms with van der Waals surface area (Å²) in [5.41, 5.74) is 1.50. The maximum absolute atomic E-state index is 14.6. The van der Waals surface area contributed by atoms with Gasteiger partial charge in [-0.15, -0.1) is 0 Å². The van der Waals surface area contributed by atoms with Gasteiger partial charge in [0.2, 0.25) is 6.29 Å². The highest BCUT2D eigenvalue weighted by molar-refractivity contribution is 5.79. The normalized spacial score (nSPS) is 53.9. The molecular weight excluding hydrogens is 837 g/mol. The molecule has 0 aromatic carbocycles. The molecule has 3 saturated heterocycles. The monoisotopic (exact) mass is 913 g/mol. The van der Waals surface area contributed by atoms with Crippen LogP contribution in [0.2, 0.25) is 0 Å². The van der Waals surface area contributed by atoms with Crippen LogP contribution < -0.4 is 0 Å². The van der Waals surface area contributed by atoms with Crippen molar-refractivity contribution in [1.82, 2.24) is 0 Å². The zero-order valence-electron chi connectivity index (χ0n) is 38.4. The van der Waals surface area contributed by atoms with E-state index >= 15 is 0 Å². The second-order valence-electron chi connectivity index (χ2n) is 22.2. The Morgan fingerprint density at radius 1 is 0.625 bits per heavy atom. The molecule has 0 spiro atoms. The Labute approximate surface area is 376 Å². The Hall–Kier alpha value is -1.39. The van der Waals surface area contributed by atoms with Crippen LogP contribution in [-0.2, 0) is 33.2 Å². The van der Waals surface area contributed by atoms with Crippen LogP contribution in [0.3, 0.4) is 0 Å². The number of fused-ring (bicyclic) bond motifs is 6. The molecule has 0 unspecified atom stereocenters. The van der Waals surface area contributed by atoms with Gasteiger partial charge in [-0.2, -0.15) is 0 Å². The molecule has 17 heteroatoms. The van der Waals surface area contributed by atoms with Gasteiger partial charge in [-0.3, -0.25) is 4.79 Å². The first-order chi connectivity index (χ1) is 30.1. The zero-order chi connectivity index (χ0) is 46.6. The van der Waals surface area contributed by atoms with Gasteiger partial charge in [0.05, 0.1) is 30.8 Å². The summed E-state index contributed by atoms with van der Waals surface area (Å²) in [6.07, 6.45) is -13.7. The molecule has 0 amide bonds. The number of hydrogen-bond acceptors (Lipinski definition) is 17. The number of hydrogen-bond donors (Lipinski definition) is 10. The number of ether oxygens (including phenoxy) is 6. The first-order valence-electron chi connectivity index (χ1n) is 23.9. The molecule has 0 bridgehead atoms. The lowest BCUT2D eigenvalue weighted by atomic mass is 9.38. The number of aliphatic hydroxyl groups is 10. The van der Waals surface area contributed by atoms with E-state index in [9.17, 15) is 55.9 Å². The van der Waals surface area contributed by atoms with Crippen molar-refractivity contribution in [3.05, 3.63) is 11.1 Å². The van der Waals surface area contributed by atoms with Crippen LogP contribution in [0.1, 0.15) is 113 Å². The molecule has 8 aliphatic rings. The van der Waals surface area contributed by atoms with Crippen LogP contribution in [0.25, 0.3) is 0 Å². The minimum atomic E-state index is -1.69. The summed E-state index contributed by atoms with van der Waals surface area (Å²) in [5.74, 6) is 0.657. The molecule has 64 heavy (non-hydrogen) atoms. The maximum Gasteiger partial charge on any atom is 0.315 e. The summed E-state index contributed by atoms with van der Waals surface area (Å²) >= 11 is 0. The molecule has 10 N–H and O–H groups in total. The van der Waals surface area contributed by atoms with Gasteiger partial charge < -0.3 is 79.5 Å². The van der Waals surface area contributed by atoms with E-state index in [1.165, 1.54) is 11.1 Å². The lowest BCUT2D eigenvalue weighted by molar-refractivity contribution is -0.364. The molecule has 8 rings (SSSR count).